The van der Waals surface area contributed by atoms with Gasteiger partial charge in [0.2, 0.25) is 0 Å². The highest BCUT2D eigenvalue weighted by Crippen LogP contribution is 2.52. The number of anilines is 2. The zero-order chi connectivity index (χ0) is 40.5. The number of thiophene rings is 1. The van der Waals surface area contributed by atoms with E-state index in [1.807, 2.05) is 11.3 Å². The van der Waals surface area contributed by atoms with E-state index in [1.54, 1.807) is 0 Å². The molecule has 2 atom stereocenters. The molecule has 0 amide bonds. The molecule has 0 saturated heterocycles. The van der Waals surface area contributed by atoms with Gasteiger partial charge in [-0.25, -0.2) is 0 Å². The first-order valence-electron chi connectivity index (χ1n) is 21.1. The van der Waals surface area contributed by atoms with Gasteiger partial charge in [-0.05, 0) is 102 Å². The molecule has 2 heteroatoms. The van der Waals surface area contributed by atoms with Gasteiger partial charge >= 0.3 is 0 Å². The van der Waals surface area contributed by atoms with Crippen molar-refractivity contribution in [2.45, 2.75) is 32.2 Å². The molecular formula is C58H45NS. The van der Waals surface area contributed by atoms with E-state index in [-0.39, 0.29) is 17.4 Å². The van der Waals surface area contributed by atoms with E-state index in [4.69, 9.17) is 6.58 Å². The summed E-state index contributed by atoms with van der Waals surface area (Å²) in [6.45, 7) is 12.1. The van der Waals surface area contributed by atoms with Crippen molar-refractivity contribution >= 4 is 80.8 Å². The second-order valence-electron chi connectivity index (χ2n) is 17.0. The lowest BCUT2D eigenvalue weighted by atomic mass is 9.65. The van der Waals surface area contributed by atoms with Crippen LogP contribution in [0.25, 0.3) is 80.3 Å². The zero-order valence-corrected chi connectivity index (χ0v) is 35.0. The van der Waals surface area contributed by atoms with Crippen molar-refractivity contribution < 1.29 is 0 Å². The predicted octanol–water partition coefficient (Wildman–Crippen LogP) is 16.6. The Labute approximate surface area is 356 Å². The molecule has 60 heavy (non-hydrogen) atoms. The highest BCUT2D eigenvalue weighted by Gasteiger charge is 2.44. The Kier molecular flexibility index (Phi) is 8.62. The van der Waals surface area contributed by atoms with E-state index < -0.39 is 0 Å². The Morgan fingerprint density at radius 1 is 0.533 bits per heavy atom. The van der Waals surface area contributed by atoms with Crippen molar-refractivity contribution in [1.82, 2.24) is 0 Å². The van der Waals surface area contributed by atoms with Crippen LogP contribution in [0.2, 0.25) is 0 Å². The highest BCUT2D eigenvalue weighted by molar-refractivity contribution is 7.26. The summed E-state index contributed by atoms with van der Waals surface area (Å²) >= 11 is 1.90. The molecule has 1 aromatic heterocycles. The number of fused-ring (bicyclic) bond motifs is 10. The number of para-hydroxylation sites is 1. The summed E-state index contributed by atoms with van der Waals surface area (Å²) in [5.41, 5.74) is 10.8. The van der Waals surface area contributed by atoms with Gasteiger partial charge in [-0.2, -0.15) is 0 Å². The molecule has 288 valence electrons. The number of rotatable bonds is 6. The fraction of sp³-hybridized carbons (Fsp3) is 0.103. The van der Waals surface area contributed by atoms with Crippen LogP contribution in [0.15, 0.2) is 201 Å². The molecule has 2 heterocycles. The monoisotopic (exact) mass is 787 g/mol. The molecule has 0 bridgehead atoms. The zero-order valence-electron chi connectivity index (χ0n) is 34.2. The van der Waals surface area contributed by atoms with Crippen LogP contribution in [0.4, 0.5) is 11.4 Å². The smallest absolute Gasteiger partial charge is 0.0458 e. The summed E-state index contributed by atoms with van der Waals surface area (Å²) < 4.78 is 2.64. The van der Waals surface area contributed by atoms with Gasteiger partial charge in [-0.1, -0.05) is 190 Å². The standard InChI is InChI=1S/C58H45NS/c1-37(41-23-11-12-24-43(41)48-30-18-32-50-49-31-17-29-42(56(49)60-57(48)50)39-19-7-5-8-20-39)33-34-53-38(2)59(40-21-9-6-10-22-40)55-36-52-47-28-16-14-26-45(47)44-25-13-15-27-46(44)51(52)35-54(55)58(53,3)4/h5-36,38,53H,1H2,2-4H3/b34-33-. The molecule has 1 aliphatic rings. The molecule has 0 fully saturated rings. The molecule has 11 rings (SSSR count). The minimum absolute atomic E-state index is 0.171. The van der Waals surface area contributed by atoms with Gasteiger partial charge in [0.15, 0.2) is 0 Å². The molecule has 0 radical (unpaired) electrons. The third-order valence-electron chi connectivity index (χ3n) is 13.3. The largest absolute Gasteiger partial charge is 0.338 e. The molecule has 9 aromatic carbocycles. The second kappa shape index (κ2) is 14.2. The maximum atomic E-state index is 4.77. The molecule has 0 saturated carbocycles. The van der Waals surface area contributed by atoms with Gasteiger partial charge in [0.25, 0.3) is 0 Å². The third kappa shape index (κ3) is 5.66. The van der Waals surface area contributed by atoms with Gasteiger partial charge in [-0.3, -0.25) is 0 Å². The minimum Gasteiger partial charge on any atom is -0.338 e. The van der Waals surface area contributed by atoms with Crippen LogP contribution in [0, 0.1) is 5.92 Å². The Balaban J connectivity index is 1.03. The summed E-state index contributed by atoms with van der Waals surface area (Å²) in [7, 11) is 0. The molecule has 1 aliphatic heterocycles. The summed E-state index contributed by atoms with van der Waals surface area (Å²) in [6, 6.07) is 67.0. The summed E-state index contributed by atoms with van der Waals surface area (Å²) in [4.78, 5) is 2.58. The normalized spacial score (nSPS) is 16.4. The quantitative estimate of drug-likeness (QED) is 0.120. The summed E-state index contributed by atoms with van der Waals surface area (Å²) in [5.74, 6) is 0.181. The van der Waals surface area contributed by atoms with Gasteiger partial charge in [-0.15, -0.1) is 11.3 Å². The lowest BCUT2D eigenvalue weighted by molar-refractivity contribution is 0.318. The van der Waals surface area contributed by atoms with Gasteiger partial charge in [0.1, 0.15) is 0 Å². The van der Waals surface area contributed by atoms with Crippen molar-refractivity contribution in [2.75, 3.05) is 4.90 Å². The number of hydrogen-bond acceptors (Lipinski definition) is 2. The lowest BCUT2D eigenvalue weighted by Crippen LogP contribution is -2.48. The molecule has 2 unspecified atom stereocenters. The minimum atomic E-state index is -0.184. The molecule has 0 N–H and O–H groups in total. The summed E-state index contributed by atoms with van der Waals surface area (Å²) in [5, 5.41) is 10.4. The van der Waals surface area contributed by atoms with E-state index in [2.05, 4.69) is 220 Å². The van der Waals surface area contributed by atoms with Crippen LogP contribution < -0.4 is 4.90 Å². The summed E-state index contributed by atoms with van der Waals surface area (Å²) in [6.07, 6.45) is 4.76. The first kappa shape index (κ1) is 36.3. The van der Waals surface area contributed by atoms with Crippen LogP contribution >= 0.6 is 11.3 Å². The first-order chi connectivity index (χ1) is 29.4. The molecule has 0 spiro atoms. The van der Waals surface area contributed by atoms with E-state index in [9.17, 15) is 0 Å². The number of benzene rings is 9. The SMILES string of the molecule is C=C(/C=C\C1C(C)N(c2ccccc2)c2cc3c4ccccc4c4ccccc4c3cc2C1(C)C)c1ccccc1-c1cccc2c1sc1c(-c3ccccc3)cccc12. The topological polar surface area (TPSA) is 3.24 Å². The van der Waals surface area contributed by atoms with Crippen LogP contribution in [0.5, 0.6) is 0 Å². The van der Waals surface area contributed by atoms with E-state index in [1.165, 1.54) is 91.7 Å². The number of hydrogen-bond donors (Lipinski definition) is 0. The van der Waals surface area contributed by atoms with E-state index >= 15 is 0 Å². The molecule has 10 aromatic rings. The van der Waals surface area contributed by atoms with Crippen molar-refractivity contribution in [3.63, 3.8) is 0 Å². The second-order valence-corrected chi connectivity index (χ2v) is 18.0. The van der Waals surface area contributed by atoms with Crippen LogP contribution in [0.1, 0.15) is 31.9 Å². The van der Waals surface area contributed by atoms with Crippen molar-refractivity contribution in [1.29, 1.82) is 0 Å². The first-order valence-corrected chi connectivity index (χ1v) is 21.9. The lowest BCUT2D eigenvalue weighted by Gasteiger charge is -2.50. The third-order valence-corrected chi connectivity index (χ3v) is 14.6. The van der Waals surface area contributed by atoms with Crippen molar-refractivity contribution in [3.8, 4) is 22.3 Å². The maximum absolute atomic E-state index is 4.77. The van der Waals surface area contributed by atoms with Gasteiger partial charge in [0.05, 0.1) is 0 Å². The van der Waals surface area contributed by atoms with E-state index in [0.29, 0.717) is 0 Å². The Hall–Kier alpha value is -6.74. The van der Waals surface area contributed by atoms with Gasteiger partial charge in [0, 0.05) is 49.1 Å². The average molecular weight is 788 g/mol. The fourth-order valence-corrected chi connectivity index (χ4v) is 11.7. The molecule has 1 nitrogen and oxygen atoms in total. The average Bonchev–Trinajstić information content (AvgIpc) is 3.69. The van der Waals surface area contributed by atoms with Crippen molar-refractivity contribution in [2.24, 2.45) is 5.92 Å². The van der Waals surface area contributed by atoms with Crippen LogP contribution in [0.3, 0.4) is 0 Å². The maximum Gasteiger partial charge on any atom is 0.0458 e. The molecular weight excluding hydrogens is 743 g/mol. The molecule has 0 aliphatic carbocycles. The fourth-order valence-electron chi connectivity index (χ4n) is 10.4. The Bertz CT molecular complexity index is 3330. The predicted molar refractivity (Wildman–Crippen MR) is 262 cm³/mol. The van der Waals surface area contributed by atoms with Crippen LogP contribution in [-0.2, 0) is 5.41 Å². The van der Waals surface area contributed by atoms with E-state index in [0.717, 1.165) is 11.1 Å². The van der Waals surface area contributed by atoms with Crippen LogP contribution in [-0.4, -0.2) is 6.04 Å². The Morgan fingerprint density at radius 2 is 1.03 bits per heavy atom. The number of nitrogens with zero attached hydrogens (tertiary/aromatic N) is 1. The van der Waals surface area contributed by atoms with Gasteiger partial charge < -0.3 is 4.90 Å². The highest BCUT2D eigenvalue weighted by atomic mass is 32.1. The van der Waals surface area contributed by atoms with Crippen molar-refractivity contribution in [3.05, 3.63) is 212 Å². The number of allylic oxidation sites excluding steroid dienone is 2. The Morgan fingerprint density at radius 3 is 1.70 bits per heavy atom.